The van der Waals surface area contributed by atoms with E-state index in [1.807, 2.05) is 0 Å². The van der Waals surface area contributed by atoms with Gasteiger partial charge in [0.25, 0.3) is 0 Å². The average molecular weight is 262 g/mol. The van der Waals surface area contributed by atoms with E-state index in [0.29, 0.717) is 18.4 Å². The van der Waals surface area contributed by atoms with E-state index in [4.69, 9.17) is 0 Å². The number of alkyl halides is 3. The zero-order chi connectivity index (χ0) is 13.3. The van der Waals surface area contributed by atoms with E-state index in [2.05, 4.69) is 0 Å². The Morgan fingerprint density at radius 3 is 2.50 bits per heavy atom. The molecule has 0 heterocycles. The van der Waals surface area contributed by atoms with Gasteiger partial charge in [-0.05, 0) is 36.5 Å². The van der Waals surface area contributed by atoms with Gasteiger partial charge in [-0.15, -0.1) is 0 Å². The molecule has 1 nitrogen and oxygen atoms in total. The van der Waals surface area contributed by atoms with Crippen LogP contribution in [0, 0.1) is 11.7 Å². The molecule has 0 bridgehead atoms. The fraction of sp³-hybridized carbons (Fsp3) is 0.538. The predicted octanol–water partition coefficient (Wildman–Crippen LogP) is 4.07. The van der Waals surface area contributed by atoms with Crippen LogP contribution in [0.4, 0.5) is 17.6 Å². The highest BCUT2D eigenvalue weighted by Crippen LogP contribution is 2.37. The molecule has 1 saturated carbocycles. The lowest BCUT2D eigenvalue weighted by Crippen LogP contribution is -2.10. The molecule has 0 saturated heterocycles. The van der Waals surface area contributed by atoms with Crippen molar-refractivity contribution in [1.82, 2.24) is 0 Å². The molecule has 0 aromatic heterocycles. The molecule has 18 heavy (non-hydrogen) atoms. The number of benzene rings is 1. The number of aliphatic hydroxyl groups is 1. The summed E-state index contributed by atoms with van der Waals surface area (Å²) < 4.78 is 50.5. The predicted molar refractivity (Wildman–Crippen MR) is 58.3 cm³/mol. The highest BCUT2D eigenvalue weighted by Gasteiger charge is 2.34. The summed E-state index contributed by atoms with van der Waals surface area (Å²) in [7, 11) is 0. The molecule has 0 aliphatic heterocycles. The van der Waals surface area contributed by atoms with E-state index in [1.165, 1.54) is 6.07 Å². The first-order valence-electron chi connectivity index (χ1n) is 5.92. The van der Waals surface area contributed by atoms with Crippen molar-refractivity contribution in [3.8, 4) is 0 Å². The number of halogens is 4. The molecule has 1 fully saturated rings. The van der Waals surface area contributed by atoms with Crippen molar-refractivity contribution < 1.29 is 22.7 Å². The van der Waals surface area contributed by atoms with Gasteiger partial charge >= 0.3 is 6.18 Å². The van der Waals surface area contributed by atoms with E-state index in [1.54, 1.807) is 0 Å². The van der Waals surface area contributed by atoms with E-state index < -0.39 is 23.7 Å². The number of hydrogen-bond acceptors (Lipinski definition) is 1. The number of hydrogen-bond donors (Lipinski definition) is 1. The zero-order valence-electron chi connectivity index (χ0n) is 9.67. The summed E-state index contributed by atoms with van der Waals surface area (Å²) in [4.78, 5) is 0. The lowest BCUT2D eigenvalue weighted by molar-refractivity contribution is -0.140. The van der Waals surface area contributed by atoms with Crippen LogP contribution in [0.15, 0.2) is 18.2 Å². The molecular formula is C13H14F4O. The van der Waals surface area contributed by atoms with Crippen molar-refractivity contribution in [2.45, 2.75) is 38.0 Å². The van der Waals surface area contributed by atoms with Gasteiger partial charge < -0.3 is 5.11 Å². The van der Waals surface area contributed by atoms with Crippen LogP contribution in [0.1, 0.15) is 42.9 Å². The smallest absolute Gasteiger partial charge is 0.388 e. The first-order chi connectivity index (χ1) is 8.38. The summed E-state index contributed by atoms with van der Waals surface area (Å²) in [6.07, 6.45) is -2.19. The molecule has 1 aliphatic carbocycles. The third kappa shape index (κ3) is 3.22. The first kappa shape index (κ1) is 13.3. The molecule has 0 spiro atoms. The molecule has 1 aliphatic rings. The Morgan fingerprint density at radius 1 is 1.28 bits per heavy atom. The number of rotatable bonds is 4. The lowest BCUT2D eigenvalue weighted by atomic mass is 10.0. The van der Waals surface area contributed by atoms with Crippen LogP contribution in [0.2, 0.25) is 0 Å². The molecule has 1 N–H and O–H groups in total. The highest BCUT2D eigenvalue weighted by molar-refractivity contribution is 5.28. The summed E-state index contributed by atoms with van der Waals surface area (Å²) in [5, 5.41) is 9.79. The van der Waals surface area contributed by atoms with Crippen molar-refractivity contribution in [2.24, 2.45) is 5.92 Å². The Hall–Kier alpha value is -1.10. The monoisotopic (exact) mass is 262 g/mol. The second kappa shape index (κ2) is 4.88. The second-order valence-electron chi connectivity index (χ2n) is 4.77. The van der Waals surface area contributed by atoms with E-state index in [-0.39, 0.29) is 5.56 Å². The molecule has 5 heteroatoms. The van der Waals surface area contributed by atoms with E-state index in [9.17, 15) is 22.7 Å². The van der Waals surface area contributed by atoms with E-state index >= 15 is 0 Å². The largest absolute Gasteiger partial charge is 0.419 e. The van der Waals surface area contributed by atoms with Crippen LogP contribution >= 0.6 is 0 Å². The molecule has 0 radical (unpaired) electrons. The molecule has 100 valence electrons. The Labute approximate surface area is 102 Å². The van der Waals surface area contributed by atoms with E-state index in [0.717, 1.165) is 25.3 Å². The van der Waals surface area contributed by atoms with Gasteiger partial charge in [0.2, 0.25) is 0 Å². The molecule has 1 atom stereocenters. The van der Waals surface area contributed by atoms with Gasteiger partial charge in [0, 0.05) is 0 Å². The Bertz CT molecular complexity index is 423. The topological polar surface area (TPSA) is 20.2 Å². The van der Waals surface area contributed by atoms with Crippen molar-refractivity contribution in [3.05, 3.63) is 35.1 Å². The van der Waals surface area contributed by atoms with Crippen molar-refractivity contribution in [3.63, 3.8) is 0 Å². The van der Waals surface area contributed by atoms with Gasteiger partial charge in [0.1, 0.15) is 5.82 Å². The molecule has 1 aromatic rings. The second-order valence-corrected chi connectivity index (χ2v) is 4.77. The minimum atomic E-state index is -4.73. The maximum absolute atomic E-state index is 13.1. The summed E-state index contributed by atoms with van der Waals surface area (Å²) in [5.74, 6) is -0.706. The lowest BCUT2D eigenvalue weighted by Gasteiger charge is -2.14. The molecule has 1 aromatic carbocycles. The van der Waals surface area contributed by atoms with Gasteiger partial charge in [-0.3, -0.25) is 0 Å². The van der Waals surface area contributed by atoms with Crippen LogP contribution < -0.4 is 0 Å². The van der Waals surface area contributed by atoms with Crippen LogP contribution in [-0.2, 0) is 6.18 Å². The fourth-order valence-electron chi connectivity index (χ4n) is 1.93. The molecule has 2 rings (SSSR count). The molecule has 1 unspecified atom stereocenters. The summed E-state index contributed by atoms with van der Waals surface area (Å²) in [5.41, 5.74) is -1.19. The zero-order valence-corrected chi connectivity index (χ0v) is 9.67. The Kier molecular flexibility index (Phi) is 3.61. The average Bonchev–Trinajstić information content (AvgIpc) is 3.08. The molecule has 0 amide bonds. The van der Waals surface area contributed by atoms with Gasteiger partial charge in [0.05, 0.1) is 11.7 Å². The highest BCUT2D eigenvalue weighted by atomic mass is 19.4. The minimum absolute atomic E-state index is 0.129. The summed E-state index contributed by atoms with van der Waals surface area (Å²) in [6, 6.07) is 2.67. The quantitative estimate of drug-likeness (QED) is 0.811. The normalized spacial score (nSPS) is 17.8. The standard InChI is InChI=1S/C13H14F4O/c14-11-5-4-9(7-10(11)13(15,16)17)12(18)6-3-8-1-2-8/h4-5,7-8,12,18H,1-3,6H2. The van der Waals surface area contributed by atoms with Crippen LogP contribution in [0.25, 0.3) is 0 Å². The van der Waals surface area contributed by atoms with Crippen molar-refractivity contribution in [1.29, 1.82) is 0 Å². The maximum Gasteiger partial charge on any atom is 0.419 e. The van der Waals surface area contributed by atoms with Gasteiger partial charge in [-0.2, -0.15) is 13.2 Å². The van der Waals surface area contributed by atoms with Crippen LogP contribution in [0.5, 0.6) is 0 Å². The minimum Gasteiger partial charge on any atom is -0.388 e. The summed E-state index contributed by atoms with van der Waals surface area (Å²) >= 11 is 0. The summed E-state index contributed by atoms with van der Waals surface area (Å²) in [6.45, 7) is 0. The maximum atomic E-state index is 13.1. The van der Waals surface area contributed by atoms with Crippen molar-refractivity contribution in [2.75, 3.05) is 0 Å². The SMILES string of the molecule is OC(CCC1CC1)c1ccc(F)c(C(F)(F)F)c1. The van der Waals surface area contributed by atoms with Gasteiger partial charge in [-0.25, -0.2) is 4.39 Å². The van der Waals surface area contributed by atoms with Crippen molar-refractivity contribution >= 4 is 0 Å². The van der Waals surface area contributed by atoms with Crippen LogP contribution in [-0.4, -0.2) is 5.11 Å². The Balaban J connectivity index is 2.12. The van der Waals surface area contributed by atoms with Crippen LogP contribution in [0.3, 0.4) is 0 Å². The molecular weight excluding hydrogens is 248 g/mol. The fourth-order valence-corrected chi connectivity index (χ4v) is 1.93. The third-order valence-corrected chi connectivity index (χ3v) is 3.23. The van der Waals surface area contributed by atoms with Gasteiger partial charge in [-0.1, -0.05) is 18.9 Å². The Morgan fingerprint density at radius 2 is 1.94 bits per heavy atom. The van der Waals surface area contributed by atoms with Gasteiger partial charge in [0.15, 0.2) is 0 Å². The first-order valence-corrected chi connectivity index (χ1v) is 5.92. The number of aliphatic hydroxyl groups excluding tert-OH is 1. The third-order valence-electron chi connectivity index (χ3n) is 3.23.